The Labute approximate surface area is 137 Å². The number of ether oxygens (including phenoxy) is 1. The van der Waals surface area contributed by atoms with Crippen molar-refractivity contribution in [1.29, 1.82) is 0 Å². The fourth-order valence-corrected chi connectivity index (χ4v) is 2.80. The first-order chi connectivity index (χ1) is 11.7. The van der Waals surface area contributed by atoms with Gasteiger partial charge in [-0.1, -0.05) is 30.3 Å². The van der Waals surface area contributed by atoms with Gasteiger partial charge in [-0.15, -0.1) is 0 Å². The molecule has 2 N–H and O–H groups in total. The summed E-state index contributed by atoms with van der Waals surface area (Å²) in [6.07, 6.45) is 0. The van der Waals surface area contributed by atoms with Gasteiger partial charge in [0.1, 0.15) is 16.9 Å². The Morgan fingerprint density at radius 1 is 1.00 bits per heavy atom. The average Bonchev–Trinajstić information content (AvgIpc) is 2.90. The van der Waals surface area contributed by atoms with Crippen molar-refractivity contribution in [1.82, 2.24) is 14.5 Å². The van der Waals surface area contributed by atoms with Gasteiger partial charge in [0, 0.05) is 5.69 Å². The molecular weight excluding hydrogens is 304 g/mol. The lowest BCUT2D eigenvalue weighted by Gasteiger charge is -2.07. The number of nitrogen functional groups attached to an aromatic ring is 1. The molecule has 2 aromatic carbocycles. The van der Waals surface area contributed by atoms with E-state index in [1.165, 1.54) is 7.11 Å². The summed E-state index contributed by atoms with van der Waals surface area (Å²) in [5.41, 5.74) is 9.69. The number of nitrogens with zero attached hydrogens (tertiary/aromatic N) is 3. The van der Waals surface area contributed by atoms with Crippen LogP contribution in [0.4, 0.5) is 5.82 Å². The minimum Gasteiger partial charge on any atom is -0.465 e. The minimum atomic E-state index is -0.531. The molecule has 2 aromatic heterocycles. The van der Waals surface area contributed by atoms with Gasteiger partial charge in [-0.05, 0) is 24.3 Å². The van der Waals surface area contributed by atoms with Gasteiger partial charge in [-0.25, -0.2) is 14.8 Å². The molecule has 0 radical (unpaired) electrons. The highest BCUT2D eigenvalue weighted by Gasteiger charge is 2.25. The number of benzene rings is 2. The number of hydrogen-bond donors (Lipinski definition) is 1. The number of nitrogens with two attached hydrogens (primary N) is 1. The summed E-state index contributed by atoms with van der Waals surface area (Å²) < 4.78 is 6.61. The Bertz CT molecular complexity index is 1070. The Morgan fingerprint density at radius 3 is 2.29 bits per heavy atom. The molecule has 118 valence electrons. The Hall–Kier alpha value is -3.41. The number of esters is 1. The van der Waals surface area contributed by atoms with E-state index in [0.29, 0.717) is 16.7 Å². The van der Waals surface area contributed by atoms with E-state index in [1.54, 1.807) is 4.57 Å². The number of rotatable bonds is 2. The van der Waals surface area contributed by atoms with E-state index in [4.69, 9.17) is 10.5 Å². The molecular formula is C18H14N4O2. The molecule has 0 unspecified atom stereocenters. The summed E-state index contributed by atoms with van der Waals surface area (Å²) in [5.74, 6) is -0.268. The molecule has 0 fully saturated rings. The summed E-state index contributed by atoms with van der Waals surface area (Å²) in [7, 11) is 1.32. The van der Waals surface area contributed by atoms with Crippen molar-refractivity contribution in [2.45, 2.75) is 0 Å². The zero-order valence-electron chi connectivity index (χ0n) is 12.9. The molecule has 0 saturated heterocycles. The molecule has 0 aliphatic heterocycles. The molecule has 24 heavy (non-hydrogen) atoms. The number of anilines is 1. The van der Waals surface area contributed by atoms with E-state index < -0.39 is 5.97 Å². The predicted octanol–water partition coefficient (Wildman–Crippen LogP) is 2.94. The molecule has 6 nitrogen and oxygen atoms in total. The fraction of sp³-hybridized carbons (Fsp3) is 0.0556. The number of methoxy groups -OCH3 is 1. The topological polar surface area (TPSA) is 83.0 Å². The van der Waals surface area contributed by atoms with Crippen LogP contribution in [0.25, 0.3) is 27.9 Å². The Balaban J connectivity index is 2.17. The molecule has 0 amide bonds. The first-order valence-electron chi connectivity index (χ1n) is 7.41. The van der Waals surface area contributed by atoms with E-state index in [0.717, 1.165) is 11.2 Å². The second-order valence-electron chi connectivity index (χ2n) is 5.31. The van der Waals surface area contributed by atoms with Crippen molar-refractivity contribution >= 4 is 34.0 Å². The number of carbonyl (C=O) groups excluding carboxylic acids is 1. The zero-order valence-corrected chi connectivity index (χ0v) is 12.9. The maximum absolute atomic E-state index is 12.2. The lowest BCUT2D eigenvalue weighted by molar-refractivity contribution is 0.0604. The van der Waals surface area contributed by atoms with Crippen LogP contribution in [0.5, 0.6) is 0 Å². The van der Waals surface area contributed by atoms with E-state index >= 15 is 0 Å². The van der Waals surface area contributed by atoms with Crippen molar-refractivity contribution in [3.63, 3.8) is 0 Å². The van der Waals surface area contributed by atoms with Crippen LogP contribution >= 0.6 is 0 Å². The number of para-hydroxylation sites is 3. The summed E-state index contributed by atoms with van der Waals surface area (Å²) in [4.78, 5) is 21.5. The molecule has 0 spiro atoms. The van der Waals surface area contributed by atoms with E-state index in [9.17, 15) is 4.79 Å². The van der Waals surface area contributed by atoms with Crippen LogP contribution in [-0.4, -0.2) is 27.6 Å². The molecule has 4 rings (SSSR count). The summed E-state index contributed by atoms with van der Waals surface area (Å²) in [6.45, 7) is 0. The highest BCUT2D eigenvalue weighted by atomic mass is 16.5. The summed E-state index contributed by atoms with van der Waals surface area (Å²) in [5, 5.41) is 0. The predicted molar refractivity (Wildman–Crippen MR) is 92.1 cm³/mol. The normalized spacial score (nSPS) is 11.0. The standard InChI is InChI=1S/C18H14N4O2/c1-24-18(23)14-15-17(21-13-10-6-5-9-12(13)20-15)22(16(14)19)11-7-3-2-4-8-11/h2-10H,19H2,1H3. The van der Waals surface area contributed by atoms with Gasteiger partial charge in [0.25, 0.3) is 0 Å². The zero-order chi connectivity index (χ0) is 16.7. The third-order valence-corrected chi connectivity index (χ3v) is 3.90. The average molecular weight is 318 g/mol. The third kappa shape index (κ3) is 2.00. The maximum Gasteiger partial charge on any atom is 0.343 e. The summed E-state index contributed by atoms with van der Waals surface area (Å²) >= 11 is 0. The SMILES string of the molecule is COC(=O)c1c(N)n(-c2ccccc2)c2nc3ccccc3nc12. The van der Waals surface area contributed by atoms with Gasteiger partial charge in [-0.3, -0.25) is 4.57 Å². The van der Waals surface area contributed by atoms with E-state index in [1.807, 2.05) is 54.6 Å². The molecule has 0 aliphatic rings. The van der Waals surface area contributed by atoms with Crippen LogP contribution in [-0.2, 0) is 4.74 Å². The van der Waals surface area contributed by atoms with Crippen LogP contribution in [0.3, 0.4) is 0 Å². The number of carbonyl (C=O) groups is 1. The van der Waals surface area contributed by atoms with Crippen LogP contribution in [0, 0.1) is 0 Å². The monoisotopic (exact) mass is 318 g/mol. The Morgan fingerprint density at radius 2 is 1.62 bits per heavy atom. The van der Waals surface area contributed by atoms with Crippen LogP contribution in [0.2, 0.25) is 0 Å². The lowest BCUT2D eigenvalue weighted by atomic mass is 10.2. The molecule has 0 bridgehead atoms. The highest BCUT2D eigenvalue weighted by molar-refractivity contribution is 6.08. The molecule has 0 saturated carbocycles. The van der Waals surface area contributed by atoms with Gasteiger partial charge >= 0.3 is 5.97 Å². The van der Waals surface area contributed by atoms with Crippen LogP contribution < -0.4 is 5.73 Å². The van der Waals surface area contributed by atoms with Gasteiger partial charge in [0.05, 0.1) is 18.1 Å². The van der Waals surface area contributed by atoms with Gasteiger partial charge < -0.3 is 10.5 Å². The number of aromatic nitrogens is 3. The van der Waals surface area contributed by atoms with Crippen molar-refractivity contribution in [3.05, 3.63) is 60.2 Å². The van der Waals surface area contributed by atoms with Crippen LogP contribution in [0.15, 0.2) is 54.6 Å². The molecule has 0 aliphatic carbocycles. The Kier molecular flexibility index (Phi) is 3.16. The molecule has 2 heterocycles. The van der Waals surface area contributed by atoms with Gasteiger partial charge in [0.2, 0.25) is 0 Å². The second-order valence-corrected chi connectivity index (χ2v) is 5.31. The molecule has 0 atom stereocenters. The number of hydrogen-bond acceptors (Lipinski definition) is 5. The first kappa shape index (κ1) is 14.2. The maximum atomic E-state index is 12.2. The quantitative estimate of drug-likeness (QED) is 0.575. The minimum absolute atomic E-state index is 0.231. The van der Waals surface area contributed by atoms with E-state index in [2.05, 4.69) is 9.97 Å². The lowest BCUT2D eigenvalue weighted by Crippen LogP contribution is -2.07. The van der Waals surface area contributed by atoms with Crippen LogP contribution in [0.1, 0.15) is 10.4 Å². The van der Waals surface area contributed by atoms with Crippen molar-refractivity contribution < 1.29 is 9.53 Å². The fourth-order valence-electron chi connectivity index (χ4n) is 2.80. The van der Waals surface area contributed by atoms with Gasteiger partial charge in [0.15, 0.2) is 5.65 Å². The highest BCUT2D eigenvalue weighted by Crippen LogP contribution is 2.31. The van der Waals surface area contributed by atoms with Gasteiger partial charge in [-0.2, -0.15) is 0 Å². The van der Waals surface area contributed by atoms with Crippen molar-refractivity contribution in [2.75, 3.05) is 12.8 Å². The second kappa shape index (κ2) is 5.34. The molecule has 4 aromatic rings. The molecule has 6 heteroatoms. The summed E-state index contributed by atoms with van der Waals surface area (Å²) in [6, 6.07) is 17.0. The smallest absolute Gasteiger partial charge is 0.343 e. The van der Waals surface area contributed by atoms with E-state index in [-0.39, 0.29) is 11.4 Å². The number of fused-ring (bicyclic) bond motifs is 2. The first-order valence-corrected chi connectivity index (χ1v) is 7.41. The third-order valence-electron chi connectivity index (χ3n) is 3.90. The van der Waals surface area contributed by atoms with Crippen molar-refractivity contribution in [2.24, 2.45) is 0 Å². The largest absolute Gasteiger partial charge is 0.465 e. The van der Waals surface area contributed by atoms with Crippen molar-refractivity contribution in [3.8, 4) is 5.69 Å².